The summed E-state index contributed by atoms with van der Waals surface area (Å²) in [6, 6.07) is 9.73. The minimum Gasteiger partial charge on any atom is -0.494 e. The van der Waals surface area contributed by atoms with Crippen LogP contribution in [0.25, 0.3) is 0 Å². The van der Waals surface area contributed by atoms with Crippen molar-refractivity contribution in [2.75, 3.05) is 6.61 Å². The number of hydrogen-bond acceptors (Lipinski definition) is 2. The van der Waals surface area contributed by atoms with Crippen LogP contribution >= 0.6 is 0 Å². The molecule has 3 rings (SSSR count). The molecule has 20 heavy (non-hydrogen) atoms. The van der Waals surface area contributed by atoms with Crippen molar-refractivity contribution in [1.29, 1.82) is 0 Å². The summed E-state index contributed by atoms with van der Waals surface area (Å²) in [5.41, 5.74) is -0.455. The average molecular weight is 274 g/mol. The van der Waals surface area contributed by atoms with Gasteiger partial charge in [0, 0.05) is 0 Å². The Morgan fingerprint density at radius 3 is 2.70 bits per heavy atom. The summed E-state index contributed by atoms with van der Waals surface area (Å²) in [5, 5.41) is 9.66. The third-order valence-electron chi connectivity index (χ3n) is 5.18. The zero-order chi connectivity index (χ0) is 14.0. The maximum Gasteiger partial charge on any atom is 0.309 e. The molecule has 108 valence electrons. The zero-order valence-corrected chi connectivity index (χ0v) is 11.8. The Kier molecular flexibility index (Phi) is 3.68. The van der Waals surface area contributed by atoms with E-state index in [4.69, 9.17) is 4.74 Å². The number of carboxylic acids is 1. The van der Waals surface area contributed by atoms with Crippen molar-refractivity contribution < 1.29 is 14.6 Å². The molecule has 1 aromatic carbocycles. The van der Waals surface area contributed by atoms with Crippen molar-refractivity contribution in [3.05, 3.63) is 30.3 Å². The van der Waals surface area contributed by atoms with Crippen LogP contribution in [0.3, 0.4) is 0 Å². The number of rotatable bonds is 6. The van der Waals surface area contributed by atoms with Gasteiger partial charge in [0.25, 0.3) is 0 Å². The van der Waals surface area contributed by atoms with Crippen LogP contribution in [0.5, 0.6) is 5.75 Å². The first-order valence-corrected chi connectivity index (χ1v) is 7.62. The maximum absolute atomic E-state index is 11.7. The lowest BCUT2D eigenvalue weighted by Gasteiger charge is -2.33. The molecule has 0 heterocycles. The van der Waals surface area contributed by atoms with E-state index in [1.165, 1.54) is 6.42 Å². The van der Waals surface area contributed by atoms with Gasteiger partial charge < -0.3 is 9.84 Å². The quantitative estimate of drug-likeness (QED) is 0.804. The first-order valence-electron chi connectivity index (χ1n) is 7.62. The largest absolute Gasteiger partial charge is 0.494 e. The normalized spacial score (nSPS) is 31.4. The van der Waals surface area contributed by atoms with E-state index in [1.54, 1.807) is 0 Å². The van der Waals surface area contributed by atoms with E-state index in [0.717, 1.165) is 37.9 Å². The Morgan fingerprint density at radius 2 is 2.10 bits per heavy atom. The lowest BCUT2D eigenvalue weighted by atomic mass is 9.70. The van der Waals surface area contributed by atoms with Crippen molar-refractivity contribution in [3.8, 4) is 5.75 Å². The third-order valence-corrected chi connectivity index (χ3v) is 5.18. The predicted molar refractivity (Wildman–Crippen MR) is 76.7 cm³/mol. The highest BCUT2D eigenvalue weighted by atomic mass is 16.5. The smallest absolute Gasteiger partial charge is 0.309 e. The van der Waals surface area contributed by atoms with Gasteiger partial charge in [-0.2, -0.15) is 0 Å². The van der Waals surface area contributed by atoms with Crippen LogP contribution in [-0.2, 0) is 4.79 Å². The first kappa shape index (κ1) is 13.5. The second kappa shape index (κ2) is 5.47. The molecule has 0 aromatic heterocycles. The fourth-order valence-corrected chi connectivity index (χ4v) is 4.21. The molecule has 3 atom stereocenters. The van der Waals surface area contributed by atoms with Crippen LogP contribution < -0.4 is 4.74 Å². The third kappa shape index (κ3) is 2.41. The number of para-hydroxylation sites is 1. The van der Waals surface area contributed by atoms with Gasteiger partial charge in [-0.1, -0.05) is 24.6 Å². The van der Waals surface area contributed by atoms with Gasteiger partial charge in [0.15, 0.2) is 0 Å². The number of hydrogen-bond donors (Lipinski definition) is 1. The van der Waals surface area contributed by atoms with E-state index in [0.29, 0.717) is 18.4 Å². The number of carbonyl (C=O) groups is 1. The van der Waals surface area contributed by atoms with Crippen LogP contribution in [0.15, 0.2) is 30.3 Å². The summed E-state index contributed by atoms with van der Waals surface area (Å²) in [6.07, 6.45) is 5.95. The van der Waals surface area contributed by atoms with E-state index >= 15 is 0 Å². The Labute approximate surface area is 120 Å². The number of carboxylic acid groups (broad SMARTS) is 1. The summed E-state index contributed by atoms with van der Waals surface area (Å²) in [7, 11) is 0. The topological polar surface area (TPSA) is 46.5 Å². The molecule has 0 amide bonds. The summed E-state index contributed by atoms with van der Waals surface area (Å²) in [6.45, 7) is 0.608. The van der Waals surface area contributed by atoms with Gasteiger partial charge in [-0.05, 0) is 56.1 Å². The Balaban J connectivity index is 1.53. The van der Waals surface area contributed by atoms with Gasteiger partial charge in [-0.25, -0.2) is 0 Å². The average Bonchev–Trinajstić information content (AvgIpc) is 3.06. The minimum absolute atomic E-state index is 0.404. The fourth-order valence-electron chi connectivity index (χ4n) is 4.21. The summed E-state index contributed by atoms with van der Waals surface area (Å²) < 4.78 is 5.68. The highest BCUT2D eigenvalue weighted by molar-refractivity contribution is 5.75. The van der Waals surface area contributed by atoms with Crippen LogP contribution in [0, 0.1) is 17.3 Å². The lowest BCUT2D eigenvalue weighted by Crippen LogP contribution is -2.36. The number of fused-ring (bicyclic) bond motifs is 2. The van der Waals surface area contributed by atoms with Crippen LogP contribution in [0.2, 0.25) is 0 Å². The summed E-state index contributed by atoms with van der Waals surface area (Å²) >= 11 is 0. The molecule has 1 N–H and O–H groups in total. The van der Waals surface area contributed by atoms with E-state index in [9.17, 15) is 9.90 Å². The van der Waals surface area contributed by atoms with Gasteiger partial charge in [0.2, 0.25) is 0 Å². The monoisotopic (exact) mass is 274 g/mol. The zero-order valence-electron chi connectivity index (χ0n) is 11.8. The van der Waals surface area contributed by atoms with Gasteiger partial charge in [-0.3, -0.25) is 4.79 Å². The van der Waals surface area contributed by atoms with Gasteiger partial charge in [0.05, 0.1) is 12.0 Å². The number of aliphatic carboxylic acids is 1. The molecule has 0 aliphatic heterocycles. The second-order valence-electron chi connectivity index (χ2n) is 6.31. The molecule has 2 saturated carbocycles. The van der Waals surface area contributed by atoms with Crippen molar-refractivity contribution in [2.45, 2.75) is 38.5 Å². The van der Waals surface area contributed by atoms with Gasteiger partial charge in [-0.15, -0.1) is 0 Å². The Hall–Kier alpha value is -1.51. The summed E-state index contributed by atoms with van der Waals surface area (Å²) in [5.74, 6) is 1.35. The number of ether oxygens (including phenoxy) is 1. The highest BCUT2D eigenvalue weighted by Gasteiger charge is 2.55. The molecule has 0 spiro atoms. The van der Waals surface area contributed by atoms with Crippen LogP contribution in [0.1, 0.15) is 38.5 Å². The molecule has 2 bridgehead atoms. The number of benzene rings is 1. The first-order chi connectivity index (χ1) is 9.71. The van der Waals surface area contributed by atoms with Crippen LogP contribution in [0.4, 0.5) is 0 Å². The van der Waals surface area contributed by atoms with Crippen molar-refractivity contribution >= 4 is 5.97 Å². The van der Waals surface area contributed by atoms with Crippen LogP contribution in [-0.4, -0.2) is 17.7 Å². The molecule has 0 saturated heterocycles. The molecule has 2 aliphatic rings. The van der Waals surface area contributed by atoms with E-state index in [1.807, 2.05) is 30.3 Å². The van der Waals surface area contributed by atoms with Crippen molar-refractivity contribution in [3.63, 3.8) is 0 Å². The minimum atomic E-state index is -0.579. The SMILES string of the molecule is O=C(O)C1(CCCOc2ccccc2)CC2CCC1C2. The van der Waals surface area contributed by atoms with Gasteiger partial charge in [0.1, 0.15) is 5.75 Å². The summed E-state index contributed by atoms with van der Waals surface area (Å²) in [4.78, 5) is 11.7. The van der Waals surface area contributed by atoms with Crippen molar-refractivity contribution in [1.82, 2.24) is 0 Å². The highest BCUT2D eigenvalue weighted by Crippen LogP contribution is 2.58. The molecule has 2 fully saturated rings. The predicted octanol–water partition coefficient (Wildman–Crippen LogP) is 3.74. The molecule has 3 unspecified atom stereocenters. The van der Waals surface area contributed by atoms with E-state index < -0.39 is 11.4 Å². The molecule has 2 aliphatic carbocycles. The Morgan fingerprint density at radius 1 is 1.30 bits per heavy atom. The molecule has 1 aromatic rings. The van der Waals surface area contributed by atoms with Gasteiger partial charge >= 0.3 is 5.97 Å². The molecular formula is C17H22O3. The fraction of sp³-hybridized carbons (Fsp3) is 0.588. The molecule has 3 nitrogen and oxygen atoms in total. The second-order valence-corrected chi connectivity index (χ2v) is 6.31. The molecule has 3 heteroatoms. The van der Waals surface area contributed by atoms with E-state index in [-0.39, 0.29) is 0 Å². The Bertz CT molecular complexity index is 470. The standard InChI is InChI=1S/C17H22O3/c18-16(19)17(12-13-7-8-14(17)11-13)9-4-10-20-15-5-2-1-3-6-15/h1-3,5-6,13-14H,4,7-12H2,(H,18,19). The molecular weight excluding hydrogens is 252 g/mol. The van der Waals surface area contributed by atoms with E-state index in [2.05, 4.69) is 0 Å². The van der Waals surface area contributed by atoms with Crippen molar-refractivity contribution in [2.24, 2.45) is 17.3 Å². The maximum atomic E-state index is 11.7. The lowest BCUT2D eigenvalue weighted by molar-refractivity contribution is -0.153. The molecule has 0 radical (unpaired) electrons.